The molecule has 2 rings (SSSR count). The molecule has 0 radical (unpaired) electrons. The summed E-state index contributed by atoms with van der Waals surface area (Å²) >= 11 is 0. The molecule has 0 bridgehead atoms. The molecule has 9 heteroatoms. The second-order valence-electron chi connectivity index (χ2n) is 4.05. The van der Waals surface area contributed by atoms with E-state index in [0.29, 0.717) is 0 Å². The Morgan fingerprint density at radius 1 is 1.32 bits per heavy atom. The summed E-state index contributed by atoms with van der Waals surface area (Å²) in [4.78, 5) is 11.4. The Labute approximate surface area is 122 Å². The standard InChI is InChI=1S/C13H11F3N2O4/c1-3-21-12(19)11-18-17-10(22-11)8-6-7(13(14,15)16)4-5-9(8)20-2/h4-6H,3H2,1-2H3. The van der Waals surface area contributed by atoms with E-state index in [2.05, 4.69) is 14.9 Å². The number of methoxy groups -OCH3 is 1. The van der Waals surface area contributed by atoms with Gasteiger partial charge in [-0.3, -0.25) is 0 Å². The Morgan fingerprint density at radius 3 is 2.64 bits per heavy atom. The van der Waals surface area contributed by atoms with E-state index in [1.165, 1.54) is 7.11 Å². The first kappa shape index (κ1) is 15.8. The molecule has 0 spiro atoms. The van der Waals surface area contributed by atoms with Crippen molar-refractivity contribution in [2.75, 3.05) is 13.7 Å². The van der Waals surface area contributed by atoms with Gasteiger partial charge in [0, 0.05) is 0 Å². The van der Waals surface area contributed by atoms with Gasteiger partial charge < -0.3 is 13.9 Å². The molecular formula is C13H11F3N2O4. The molecule has 0 saturated heterocycles. The summed E-state index contributed by atoms with van der Waals surface area (Å²) in [6.07, 6.45) is -4.54. The number of benzene rings is 1. The van der Waals surface area contributed by atoms with Crippen molar-refractivity contribution in [1.82, 2.24) is 10.2 Å². The first-order valence-corrected chi connectivity index (χ1v) is 6.13. The summed E-state index contributed by atoms with van der Waals surface area (Å²) in [6, 6.07) is 2.80. The number of ether oxygens (including phenoxy) is 2. The average Bonchev–Trinajstić information content (AvgIpc) is 2.95. The van der Waals surface area contributed by atoms with Gasteiger partial charge in [0.15, 0.2) is 0 Å². The van der Waals surface area contributed by atoms with Gasteiger partial charge in [-0.25, -0.2) is 4.79 Å². The number of nitrogens with zero attached hydrogens (tertiary/aromatic N) is 2. The average molecular weight is 316 g/mol. The van der Waals surface area contributed by atoms with Gasteiger partial charge in [-0.15, -0.1) is 10.2 Å². The van der Waals surface area contributed by atoms with Gasteiger partial charge in [0.05, 0.1) is 24.8 Å². The molecule has 2 aromatic rings. The van der Waals surface area contributed by atoms with Crippen LogP contribution in [0, 0.1) is 0 Å². The lowest BCUT2D eigenvalue weighted by Crippen LogP contribution is -2.05. The zero-order valence-corrected chi connectivity index (χ0v) is 11.6. The lowest BCUT2D eigenvalue weighted by Gasteiger charge is -2.10. The summed E-state index contributed by atoms with van der Waals surface area (Å²) in [5.41, 5.74) is -0.973. The molecule has 118 valence electrons. The van der Waals surface area contributed by atoms with Crippen molar-refractivity contribution < 1.29 is 31.9 Å². The zero-order chi connectivity index (χ0) is 16.3. The fourth-order valence-electron chi connectivity index (χ4n) is 1.66. The molecule has 1 aromatic heterocycles. The fraction of sp³-hybridized carbons (Fsp3) is 0.308. The Kier molecular flexibility index (Phi) is 4.34. The van der Waals surface area contributed by atoms with Crippen LogP contribution in [0.2, 0.25) is 0 Å². The smallest absolute Gasteiger partial charge is 0.416 e. The predicted octanol–water partition coefficient (Wildman–Crippen LogP) is 2.94. The molecule has 0 fully saturated rings. The number of carbonyl (C=O) groups excluding carboxylic acids is 1. The normalized spacial score (nSPS) is 11.3. The SMILES string of the molecule is CCOC(=O)c1nnc(-c2cc(C(F)(F)F)ccc2OC)o1. The molecule has 0 aliphatic carbocycles. The third-order valence-corrected chi connectivity index (χ3v) is 2.63. The molecule has 0 aliphatic heterocycles. The van der Waals surface area contributed by atoms with Crippen LogP contribution < -0.4 is 4.74 Å². The van der Waals surface area contributed by atoms with Crippen molar-refractivity contribution in [2.24, 2.45) is 0 Å². The Balaban J connectivity index is 2.45. The van der Waals surface area contributed by atoms with Gasteiger partial charge in [-0.05, 0) is 25.1 Å². The molecule has 0 atom stereocenters. The molecule has 0 aliphatic rings. The highest BCUT2D eigenvalue weighted by molar-refractivity contribution is 5.84. The number of hydrogen-bond donors (Lipinski definition) is 0. The van der Waals surface area contributed by atoms with E-state index in [0.717, 1.165) is 18.2 Å². The van der Waals surface area contributed by atoms with Crippen LogP contribution in [0.25, 0.3) is 11.5 Å². The van der Waals surface area contributed by atoms with E-state index in [1.54, 1.807) is 6.92 Å². The number of rotatable bonds is 4. The minimum absolute atomic E-state index is 0.0691. The molecule has 6 nitrogen and oxygen atoms in total. The third-order valence-electron chi connectivity index (χ3n) is 2.63. The van der Waals surface area contributed by atoms with Crippen molar-refractivity contribution in [3.63, 3.8) is 0 Å². The van der Waals surface area contributed by atoms with E-state index in [1.807, 2.05) is 0 Å². The summed E-state index contributed by atoms with van der Waals surface area (Å²) < 4.78 is 53.0. The Bertz CT molecular complexity index is 682. The van der Waals surface area contributed by atoms with E-state index in [-0.39, 0.29) is 23.8 Å². The van der Waals surface area contributed by atoms with Crippen molar-refractivity contribution >= 4 is 5.97 Å². The van der Waals surface area contributed by atoms with Crippen LogP contribution >= 0.6 is 0 Å². The monoisotopic (exact) mass is 316 g/mol. The Morgan fingerprint density at radius 2 is 2.05 bits per heavy atom. The third kappa shape index (κ3) is 3.18. The maximum absolute atomic E-state index is 12.8. The highest BCUT2D eigenvalue weighted by Crippen LogP contribution is 2.36. The summed E-state index contributed by atoms with van der Waals surface area (Å²) in [6.45, 7) is 1.69. The summed E-state index contributed by atoms with van der Waals surface area (Å²) in [5, 5.41) is 7.01. The maximum Gasteiger partial charge on any atom is 0.416 e. The van der Waals surface area contributed by atoms with Crippen molar-refractivity contribution in [3.8, 4) is 17.2 Å². The van der Waals surface area contributed by atoms with Crippen molar-refractivity contribution in [2.45, 2.75) is 13.1 Å². The number of aromatic nitrogens is 2. The van der Waals surface area contributed by atoms with E-state index in [9.17, 15) is 18.0 Å². The summed E-state index contributed by atoms with van der Waals surface area (Å²) in [5.74, 6) is -1.47. The predicted molar refractivity (Wildman–Crippen MR) is 67.2 cm³/mol. The van der Waals surface area contributed by atoms with E-state index < -0.39 is 23.6 Å². The van der Waals surface area contributed by atoms with Crippen molar-refractivity contribution in [3.05, 3.63) is 29.7 Å². The van der Waals surface area contributed by atoms with Crippen LogP contribution in [0.3, 0.4) is 0 Å². The molecule has 0 saturated carbocycles. The summed E-state index contributed by atoms with van der Waals surface area (Å²) in [7, 11) is 1.29. The van der Waals surface area contributed by atoms with Gasteiger partial charge in [-0.2, -0.15) is 13.2 Å². The molecule has 0 N–H and O–H groups in total. The van der Waals surface area contributed by atoms with Gasteiger partial charge in [0.2, 0.25) is 0 Å². The lowest BCUT2D eigenvalue weighted by molar-refractivity contribution is -0.137. The first-order chi connectivity index (χ1) is 10.4. The molecular weight excluding hydrogens is 305 g/mol. The quantitative estimate of drug-likeness (QED) is 0.807. The minimum atomic E-state index is -4.54. The number of hydrogen-bond acceptors (Lipinski definition) is 6. The van der Waals surface area contributed by atoms with Crippen LogP contribution in [-0.2, 0) is 10.9 Å². The van der Waals surface area contributed by atoms with Crippen LogP contribution in [0.15, 0.2) is 22.6 Å². The molecule has 22 heavy (non-hydrogen) atoms. The fourth-order valence-corrected chi connectivity index (χ4v) is 1.66. The van der Waals surface area contributed by atoms with Crippen LogP contribution in [0.1, 0.15) is 23.2 Å². The number of halogens is 3. The van der Waals surface area contributed by atoms with Crippen LogP contribution in [0.4, 0.5) is 13.2 Å². The molecule has 0 unspecified atom stereocenters. The highest BCUT2D eigenvalue weighted by atomic mass is 19.4. The first-order valence-electron chi connectivity index (χ1n) is 6.13. The van der Waals surface area contributed by atoms with Crippen LogP contribution in [0.5, 0.6) is 5.75 Å². The number of carbonyl (C=O) groups is 1. The topological polar surface area (TPSA) is 74.5 Å². The Hall–Kier alpha value is -2.58. The zero-order valence-electron chi connectivity index (χ0n) is 11.6. The van der Waals surface area contributed by atoms with Crippen LogP contribution in [-0.4, -0.2) is 29.9 Å². The second-order valence-corrected chi connectivity index (χ2v) is 4.05. The lowest BCUT2D eigenvalue weighted by atomic mass is 10.1. The van der Waals surface area contributed by atoms with Gasteiger partial charge in [0.25, 0.3) is 5.89 Å². The van der Waals surface area contributed by atoms with Gasteiger partial charge >= 0.3 is 18.0 Å². The molecule has 0 amide bonds. The second kappa shape index (κ2) is 6.04. The van der Waals surface area contributed by atoms with Gasteiger partial charge in [-0.1, -0.05) is 0 Å². The van der Waals surface area contributed by atoms with Crippen molar-refractivity contribution in [1.29, 1.82) is 0 Å². The number of alkyl halides is 3. The molecule has 1 heterocycles. The van der Waals surface area contributed by atoms with Gasteiger partial charge in [0.1, 0.15) is 5.75 Å². The highest BCUT2D eigenvalue weighted by Gasteiger charge is 2.32. The minimum Gasteiger partial charge on any atom is -0.496 e. The maximum atomic E-state index is 12.8. The molecule has 1 aromatic carbocycles. The van der Waals surface area contributed by atoms with E-state index in [4.69, 9.17) is 9.15 Å². The number of esters is 1. The van der Waals surface area contributed by atoms with E-state index >= 15 is 0 Å². The largest absolute Gasteiger partial charge is 0.496 e.